The third-order valence-electron chi connectivity index (χ3n) is 3.66. The largest absolute Gasteiger partial charge is 1.00 e. The molecular formula is C22H41KO12. The summed E-state index contributed by atoms with van der Waals surface area (Å²) >= 11 is 0. The number of aliphatic carboxylic acids is 1. The molecule has 0 amide bonds. The zero-order valence-corrected chi connectivity index (χ0v) is 24.2. The van der Waals surface area contributed by atoms with Crippen molar-refractivity contribution in [1.29, 1.82) is 0 Å². The number of hydrogen-bond donors (Lipinski definition) is 0. The van der Waals surface area contributed by atoms with Crippen molar-refractivity contribution in [3.63, 3.8) is 0 Å². The van der Waals surface area contributed by atoms with Crippen LogP contribution in [0.1, 0.15) is 0 Å². The summed E-state index contributed by atoms with van der Waals surface area (Å²) in [7, 11) is 0. The summed E-state index contributed by atoms with van der Waals surface area (Å²) in [6.45, 7) is 11.3. The van der Waals surface area contributed by atoms with E-state index in [2.05, 4.69) is 6.58 Å². The molecule has 0 aliphatic heterocycles. The van der Waals surface area contributed by atoms with Crippen molar-refractivity contribution in [2.75, 3.05) is 126 Å². The third kappa shape index (κ3) is 36.5. The molecule has 12 nitrogen and oxygen atoms in total. The van der Waals surface area contributed by atoms with Crippen molar-refractivity contribution in [1.82, 2.24) is 0 Å². The molecule has 13 heteroatoms. The van der Waals surface area contributed by atoms with Gasteiger partial charge < -0.3 is 57.3 Å². The monoisotopic (exact) mass is 536 g/mol. The molecule has 0 spiro atoms. The van der Waals surface area contributed by atoms with Gasteiger partial charge in [0.2, 0.25) is 0 Å². The summed E-state index contributed by atoms with van der Waals surface area (Å²) in [4.78, 5) is 10.1. The summed E-state index contributed by atoms with van der Waals surface area (Å²) in [6.07, 6.45) is 1.39. The van der Waals surface area contributed by atoms with Gasteiger partial charge in [0.05, 0.1) is 131 Å². The van der Waals surface area contributed by atoms with Crippen LogP contribution in [0.5, 0.6) is 0 Å². The van der Waals surface area contributed by atoms with Crippen LogP contribution >= 0.6 is 0 Å². The van der Waals surface area contributed by atoms with Crippen LogP contribution in [0.3, 0.4) is 0 Å². The quantitative estimate of drug-likeness (QED) is 0.0504. The summed E-state index contributed by atoms with van der Waals surface area (Å²) in [5.41, 5.74) is 0. The Balaban J connectivity index is 0. The van der Waals surface area contributed by atoms with Gasteiger partial charge in [-0.25, -0.2) is 0 Å². The molecule has 35 heavy (non-hydrogen) atoms. The molecule has 0 aliphatic rings. The van der Waals surface area contributed by atoms with Gasteiger partial charge in [-0.15, -0.1) is 0 Å². The van der Waals surface area contributed by atoms with E-state index in [0.717, 1.165) is 0 Å². The standard InChI is InChI=1S/C22H42O12.K/c1-2-25-3-4-26-5-6-27-7-8-28-9-10-29-11-12-30-13-14-31-15-16-32-17-18-33-19-20-34-21-22(23)24;/h2H,1,3-21H2,(H,23,24);/q;+1/p-1. The number of ether oxygens (including phenoxy) is 10. The number of carboxylic acid groups (broad SMARTS) is 1. The average molecular weight is 537 g/mol. The fourth-order valence-corrected chi connectivity index (χ4v) is 2.11. The summed E-state index contributed by atoms with van der Waals surface area (Å²) < 4.78 is 52.5. The number of carboxylic acids is 1. The maximum atomic E-state index is 10.1. The van der Waals surface area contributed by atoms with Crippen molar-refractivity contribution in [2.24, 2.45) is 0 Å². The van der Waals surface area contributed by atoms with E-state index in [-0.39, 0.29) is 58.0 Å². The minimum atomic E-state index is -1.24. The molecule has 0 N–H and O–H groups in total. The Labute approximate surface area is 251 Å². The first-order chi connectivity index (χ1) is 16.8. The Morgan fingerprint density at radius 2 is 0.714 bits per heavy atom. The second-order valence-corrected chi connectivity index (χ2v) is 6.36. The number of hydrogen-bond acceptors (Lipinski definition) is 12. The van der Waals surface area contributed by atoms with Gasteiger partial charge in [-0.2, -0.15) is 0 Å². The van der Waals surface area contributed by atoms with Gasteiger partial charge in [0.25, 0.3) is 0 Å². The second kappa shape index (κ2) is 34.3. The maximum Gasteiger partial charge on any atom is 1.00 e. The SMILES string of the molecule is C=COCCOCCOCCOCCOCCOCCOCCOCCOCCOCC(=O)[O-].[K+]. The van der Waals surface area contributed by atoms with Crippen LogP contribution in [0.25, 0.3) is 0 Å². The van der Waals surface area contributed by atoms with Gasteiger partial charge in [0.1, 0.15) is 6.61 Å². The van der Waals surface area contributed by atoms with Crippen LogP contribution in [0.2, 0.25) is 0 Å². The normalized spacial score (nSPS) is 10.7. The molecular weight excluding hydrogens is 495 g/mol. The Kier molecular flexibility index (Phi) is 36.7. The first-order valence-corrected chi connectivity index (χ1v) is 11.4. The van der Waals surface area contributed by atoms with Crippen molar-refractivity contribution in [3.05, 3.63) is 12.8 Å². The number of carbonyl (C=O) groups excluding carboxylic acids is 1. The van der Waals surface area contributed by atoms with E-state index >= 15 is 0 Å². The Bertz CT molecular complexity index is 431. The van der Waals surface area contributed by atoms with E-state index in [1.807, 2.05) is 0 Å². The van der Waals surface area contributed by atoms with Crippen LogP contribution in [-0.2, 0) is 52.2 Å². The van der Waals surface area contributed by atoms with E-state index < -0.39 is 12.6 Å². The van der Waals surface area contributed by atoms with Crippen molar-refractivity contribution in [2.45, 2.75) is 0 Å². The molecule has 0 bridgehead atoms. The zero-order chi connectivity index (χ0) is 24.8. The second-order valence-electron chi connectivity index (χ2n) is 6.36. The Hall–Kier alpha value is 0.286. The topological polar surface area (TPSA) is 132 Å². The van der Waals surface area contributed by atoms with Gasteiger partial charge in [0.15, 0.2) is 0 Å². The maximum absolute atomic E-state index is 10.1. The molecule has 0 atom stereocenters. The van der Waals surface area contributed by atoms with E-state index in [1.54, 1.807) is 0 Å². The van der Waals surface area contributed by atoms with Crippen molar-refractivity contribution in [3.8, 4) is 0 Å². The van der Waals surface area contributed by atoms with Gasteiger partial charge in [-0.1, -0.05) is 6.58 Å². The average Bonchev–Trinajstić information content (AvgIpc) is 2.83. The molecule has 0 heterocycles. The molecule has 0 unspecified atom stereocenters. The summed E-state index contributed by atoms with van der Waals surface area (Å²) in [5.74, 6) is -1.24. The molecule has 0 saturated heterocycles. The van der Waals surface area contributed by atoms with E-state index in [4.69, 9.17) is 47.4 Å². The molecule has 0 aromatic heterocycles. The van der Waals surface area contributed by atoms with Crippen LogP contribution in [0.4, 0.5) is 0 Å². The molecule has 0 aromatic rings. The van der Waals surface area contributed by atoms with Crippen LogP contribution in [-0.4, -0.2) is 132 Å². The van der Waals surface area contributed by atoms with Crippen molar-refractivity contribution < 1.29 is 109 Å². The first-order valence-electron chi connectivity index (χ1n) is 11.4. The Morgan fingerprint density at radius 3 is 0.943 bits per heavy atom. The number of rotatable bonds is 30. The fourth-order valence-electron chi connectivity index (χ4n) is 2.11. The molecule has 0 saturated carbocycles. The molecule has 0 aromatic carbocycles. The van der Waals surface area contributed by atoms with E-state index in [9.17, 15) is 9.90 Å². The van der Waals surface area contributed by atoms with E-state index in [1.165, 1.54) is 6.26 Å². The molecule has 0 rings (SSSR count). The van der Waals surface area contributed by atoms with Gasteiger partial charge in [-0.05, 0) is 0 Å². The molecule has 0 fully saturated rings. The van der Waals surface area contributed by atoms with Crippen LogP contribution in [0, 0.1) is 0 Å². The van der Waals surface area contributed by atoms with Crippen LogP contribution in [0.15, 0.2) is 12.8 Å². The Morgan fingerprint density at radius 1 is 0.486 bits per heavy atom. The number of carbonyl (C=O) groups is 1. The minimum Gasteiger partial charge on any atom is -0.548 e. The first kappa shape index (κ1) is 37.4. The van der Waals surface area contributed by atoms with Gasteiger partial charge >= 0.3 is 51.4 Å². The predicted molar refractivity (Wildman–Crippen MR) is 119 cm³/mol. The van der Waals surface area contributed by atoms with E-state index in [0.29, 0.717) is 112 Å². The third-order valence-corrected chi connectivity index (χ3v) is 3.66. The predicted octanol–water partition coefficient (Wildman–Crippen LogP) is -3.95. The molecule has 0 radical (unpaired) electrons. The minimum absolute atomic E-state index is 0. The summed E-state index contributed by atoms with van der Waals surface area (Å²) in [5, 5.41) is 10.1. The van der Waals surface area contributed by atoms with Gasteiger partial charge in [0, 0.05) is 0 Å². The molecule has 202 valence electrons. The van der Waals surface area contributed by atoms with Gasteiger partial charge in [-0.3, -0.25) is 0 Å². The summed E-state index contributed by atoms with van der Waals surface area (Å²) in [6, 6.07) is 0. The smallest absolute Gasteiger partial charge is 0.548 e. The van der Waals surface area contributed by atoms with Crippen LogP contribution < -0.4 is 56.5 Å². The van der Waals surface area contributed by atoms with Crippen molar-refractivity contribution >= 4 is 5.97 Å². The fraction of sp³-hybridized carbons (Fsp3) is 0.864. The molecule has 0 aliphatic carbocycles. The zero-order valence-electron chi connectivity index (χ0n) is 21.1.